The van der Waals surface area contributed by atoms with Crippen LogP contribution in [0.25, 0.3) is 17.0 Å². The lowest BCUT2D eigenvalue weighted by molar-refractivity contribution is -0.125. The van der Waals surface area contributed by atoms with Gasteiger partial charge in [-0.2, -0.15) is 0 Å². The number of hydrogen-bond donors (Lipinski definition) is 0. The number of ether oxygens (including phenoxy) is 1. The van der Waals surface area contributed by atoms with E-state index >= 15 is 0 Å². The minimum Gasteiger partial charge on any atom is -0.453 e. The van der Waals surface area contributed by atoms with Gasteiger partial charge < -0.3 is 9.64 Å². The summed E-state index contributed by atoms with van der Waals surface area (Å²) in [6, 6.07) is 15.7. The fraction of sp³-hybridized carbons (Fsp3) is 0.120. The number of amides is 1. The summed E-state index contributed by atoms with van der Waals surface area (Å²) in [5.74, 6) is 0.320. The summed E-state index contributed by atoms with van der Waals surface area (Å²) in [6.45, 7) is 2.19. The number of fused-ring (bicyclic) bond motifs is 1. The van der Waals surface area contributed by atoms with Gasteiger partial charge in [-0.1, -0.05) is 24.3 Å². The van der Waals surface area contributed by atoms with Crippen LogP contribution in [0.5, 0.6) is 11.5 Å². The second kappa shape index (κ2) is 9.34. The van der Waals surface area contributed by atoms with Crippen LogP contribution in [0.1, 0.15) is 17.1 Å². The summed E-state index contributed by atoms with van der Waals surface area (Å²) >= 11 is 0. The van der Waals surface area contributed by atoms with Gasteiger partial charge in [0.15, 0.2) is 11.6 Å². The van der Waals surface area contributed by atoms with Crippen molar-refractivity contribution in [1.82, 2.24) is 19.9 Å². The van der Waals surface area contributed by atoms with E-state index in [2.05, 4.69) is 15.0 Å². The lowest BCUT2D eigenvalue weighted by Crippen LogP contribution is -2.25. The second-order valence-corrected chi connectivity index (χ2v) is 7.25. The second-order valence-electron chi connectivity index (χ2n) is 7.25. The number of carbonyl (C=O) groups is 1. The third-order valence-electron chi connectivity index (χ3n) is 4.83. The molecule has 0 saturated heterocycles. The molecule has 1 amide bonds. The maximum atomic E-state index is 14.4. The molecule has 4 rings (SSSR count). The first kappa shape index (κ1) is 21.1. The number of aryl methyl sites for hydroxylation is 1. The normalized spacial score (nSPS) is 11.1. The molecule has 2 aromatic carbocycles. The van der Waals surface area contributed by atoms with Crippen molar-refractivity contribution in [2.24, 2.45) is 0 Å². The summed E-state index contributed by atoms with van der Waals surface area (Å²) in [5.41, 5.74) is 2.25. The molecule has 0 atom stereocenters. The molecule has 7 heteroatoms. The first-order chi connectivity index (χ1) is 15.5. The Kier molecular flexibility index (Phi) is 6.17. The number of aromatic nitrogens is 3. The minimum atomic E-state index is -0.531. The Hall–Kier alpha value is -4.13. The zero-order valence-corrected chi connectivity index (χ0v) is 17.7. The zero-order valence-electron chi connectivity index (χ0n) is 17.7. The standard InChI is InChI=1S/C25H21FN4O2/c1-17-20-7-3-4-8-22(20)29-24(28-17)16-30(2)25(31)12-10-18-9-11-23(21(26)14-18)32-19-6-5-13-27-15-19/h3-15H,16H2,1-2H3/b12-10+. The molecule has 160 valence electrons. The highest BCUT2D eigenvalue weighted by atomic mass is 19.1. The number of carbonyl (C=O) groups excluding carboxylic acids is 1. The van der Waals surface area contributed by atoms with Crippen LogP contribution < -0.4 is 4.74 Å². The quantitative estimate of drug-likeness (QED) is 0.407. The molecule has 0 N–H and O–H groups in total. The van der Waals surface area contributed by atoms with E-state index in [1.54, 1.807) is 37.5 Å². The number of rotatable bonds is 6. The number of halogens is 1. The van der Waals surface area contributed by atoms with E-state index in [-0.39, 0.29) is 18.2 Å². The topological polar surface area (TPSA) is 68.2 Å². The molecular formula is C25H21FN4O2. The molecule has 0 aliphatic heterocycles. The zero-order chi connectivity index (χ0) is 22.5. The van der Waals surface area contributed by atoms with Gasteiger partial charge >= 0.3 is 0 Å². The predicted molar refractivity (Wildman–Crippen MR) is 120 cm³/mol. The van der Waals surface area contributed by atoms with Crippen LogP contribution in [0.3, 0.4) is 0 Å². The molecule has 2 aromatic heterocycles. The molecule has 32 heavy (non-hydrogen) atoms. The highest BCUT2D eigenvalue weighted by molar-refractivity contribution is 5.91. The van der Waals surface area contributed by atoms with Crippen LogP contribution in [0.15, 0.2) is 73.1 Å². The summed E-state index contributed by atoms with van der Waals surface area (Å²) in [6.07, 6.45) is 6.06. The molecule has 2 heterocycles. The van der Waals surface area contributed by atoms with Gasteiger partial charge in [-0.3, -0.25) is 9.78 Å². The van der Waals surface area contributed by atoms with Crippen molar-refractivity contribution in [3.8, 4) is 11.5 Å². The van der Waals surface area contributed by atoms with Gasteiger partial charge in [0.25, 0.3) is 0 Å². The van der Waals surface area contributed by atoms with E-state index < -0.39 is 5.82 Å². The molecule has 0 radical (unpaired) electrons. The Morgan fingerprint density at radius 3 is 2.75 bits per heavy atom. The predicted octanol–water partition coefficient (Wildman–Crippen LogP) is 4.94. The van der Waals surface area contributed by atoms with Crippen LogP contribution in [0.2, 0.25) is 0 Å². The molecule has 0 bridgehead atoms. The SMILES string of the molecule is Cc1nc(CN(C)C(=O)/C=C/c2ccc(Oc3cccnc3)c(F)c2)nc2ccccc12. The Labute approximate surface area is 185 Å². The largest absolute Gasteiger partial charge is 0.453 e. The van der Waals surface area contributed by atoms with Gasteiger partial charge in [0.2, 0.25) is 5.91 Å². The van der Waals surface area contributed by atoms with Gasteiger partial charge in [0.1, 0.15) is 11.6 Å². The average molecular weight is 428 g/mol. The first-order valence-corrected chi connectivity index (χ1v) is 10.0. The van der Waals surface area contributed by atoms with Crippen molar-refractivity contribution < 1.29 is 13.9 Å². The summed E-state index contributed by atoms with van der Waals surface area (Å²) < 4.78 is 19.9. The molecule has 4 aromatic rings. The van der Waals surface area contributed by atoms with E-state index in [1.807, 2.05) is 31.2 Å². The van der Waals surface area contributed by atoms with E-state index in [1.165, 1.54) is 29.3 Å². The fourth-order valence-corrected chi connectivity index (χ4v) is 3.19. The van der Waals surface area contributed by atoms with E-state index in [0.717, 1.165) is 16.6 Å². The van der Waals surface area contributed by atoms with Gasteiger partial charge in [-0.25, -0.2) is 14.4 Å². The van der Waals surface area contributed by atoms with Gasteiger partial charge in [-0.15, -0.1) is 0 Å². The van der Waals surface area contributed by atoms with Crippen molar-refractivity contribution in [1.29, 1.82) is 0 Å². The third-order valence-corrected chi connectivity index (χ3v) is 4.83. The molecule has 6 nitrogen and oxygen atoms in total. The monoisotopic (exact) mass is 428 g/mol. The van der Waals surface area contributed by atoms with Crippen molar-refractivity contribution in [3.63, 3.8) is 0 Å². The third kappa shape index (κ3) is 4.95. The van der Waals surface area contributed by atoms with Crippen molar-refractivity contribution >= 4 is 22.9 Å². The Morgan fingerprint density at radius 2 is 1.97 bits per heavy atom. The summed E-state index contributed by atoms with van der Waals surface area (Å²) in [4.78, 5) is 27.0. The maximum absolute atomic E-state index is 14.4. The Bertz CT molecular complexity index is 1290. The average Bonchev–Trinajstić information content (AvgIpc) is 2.80. The summed E-state index contributed by atoms with van der Waals surface area (Å²) in [5, 5.41) is 0.989. The van der Waals surface area contributed by atoms with E-state index in [0.29, 0.717) is 17.1 Å². The Balaban J connectivity index is 1.42. The van der Waals surface area contributed by atoms with E-state index in [4.69, 9.17) is 4.74 Å². The minimum absolute atomic E-state index is 0.0856. The number of pyridine rings is 1. The maximum Gasteiger partial charge on any atom is 0.246 e. The molecule has 0 aliphatic rings. The molecular weight excluding hydrogens is 407 g/mol. The molecule has 0 fully saturated rings. The van der Waals surface area contributed by atoms with Crippen LogP contribution >= 0.6 is 0 Å². The summed E-state index contributed by atoms with van der Waals surface area (Å²) in [7, 11) is 1.67. The molecule has 0 aliphatic carbocycles. The first-order valence-electron chi connectivity index (χ1n) is 10.0. The lowest BCUT2D eigenvalue weighted by Gasteiger charge is -2.15. The highest BCUT2D eigenvalue weighted by Gasteiger charge is 2.11. The van der Waals surface area contributed by atoms with Crippen molar-refractivity contribution in [2.45, 2.75) is 13.5 Å². The van der Waals surface area contributed by atoms with Crippen LogP contribution in [-0.4, -0.2) is 32.8 Å². The number of likely N-dealkylation sites (N-methyl/N-ethyl adjacent to an activating group) is 1. The lowest BCUT2D eigenvalue weighted by atomic mass is 10.2. The van der Waals surface area contributed by atoms with Gasteiger partial charge in [0.05, 0.1) is 18.3 Å². The molecule has 0 saturated carbocycles. The van der Waals surface area contributed by atoms with Crippen molar-refractivity contribution in [2.75, 3.05) is 7.05 Å². The van der Waals surface area contributed by atoms with Crippen LogP contribution in [0.4, 0.5) is 4.39 Å². The number of benzene rings is 2. The Morgan fingerprint density at radius 1 is 1.12 bits per heavy atom. The fourth-order valence-electron chi connectivity index (χ4n) is 3.19. The number of hydrogen-bond acceptors (Lipinski definition) is 5. The number of nitrogens with zero attached hydrogens (tertiary/aromatic N) is 4. The highest BCUT2D eigenvalue weighted by Crippen LogP contribution is 2.25. The van der Waals surface area contributed by atoms with Crippen LogP contribution in [-0.2, 0) is 11.3 Å². The molecule has 0 spiro atoms. The van der Waals surface area contributed by atoms with Gasteiger partial charge in [-0.05, 0) is 48.9 Å². The smallest absolute Gasteiger partial charge is 0.246 e. The van der Waals surface area contributed by atoms with Crippen molar-refractivity contribution in [3.05, 3.63) is 96.0 Å². The van der Waals surface area contributed by atoms with Crippen LogP contribution in [0, 0.1) is 12.7 Å². The van der Waals surface area contributed by atoms with E-state index in [9.17, 15) is 9.18 Å². The van der Waals surface area contributed by atoms with Gasteiger partial charge in [0, 0.05) is 30.4 Å². The molecule has 0 unspecified atom stereocenters. The number of para-hydroxylation sites is 1.